The number of amides is 1. The first-order chi connectivity index (χ1) is 12.2. The highest BCUT2D eigenvalue weighted by atomic mass is 32.1. The van der Waals surface area contributed by atoms with E-state index in [0.29, 0.717) is 25.7 Å². The van der Waals surface area contributed by atoms with Gasteiger partial charge in [-0.15, -0.1) is 11.3 Å². The first-order valence-corrected chi connectivity index (χ1v) is 9.59. The van der Waals surface area contributed by atoms with E-state index in [4.69, 9.17) is 9.47 Å². The van der Waals surface area contributed by atoms with Gasteiger partial charge in [-0.25, -0.2) is 0 Å². The number of hydrogen-bond acceptors (Lipinski definition) is 4. The topological polar surface area (TPSA) is 55.4 Å². The number of thiophene rings is 1. The van der Waals surface area contributed by atoms with Crippen LogP contribution in [0.2, 0.25) is 0 Å². The minimum Gasteiger partial charge on any atom is -0.454 e. The Kier molecular flexibility index (Phi) is 4.63. The number of ether oxygens (including phenoxy) is 2. The molecular formula is C19H23N2O3S+. The molecule has 1 saturated carbocycles. The predicted octanol–water partition coefficient (Wildman–Crippen LogP) is 2.04. The number of carbonyl (C=O) groups is 1. The van der Waals surface area contributed by atoms with Crippen LogP contribution in [0.4, 0.5) is 0 Å². The largest absolute Gasteiger partial charge is 0.454 e. The van der Waals surface area contributed by atoms with Gasteiger partial charge < -0.3 is 19.7 Å². The van der Waals surface area contributed by atoms with E-state index in [1.54, 1.807) is 11.3 Å². The van der Waals surface area contributed by atoms with Crippen LogP contribution >= 0.6 is 11.3 Å². The summed E-state index contributed by atoms with van der Waals surface area (Å²) in [6, 6.07) is 8.68. The molecule has 2 heterocycles. The summed E-state index contributed by atoms with van der Waals surface area (Å²) in [5.41, 5.74) is 2.32. The van der Waals surface area contributed by atoms with Gasteiger partial charge in [0.2, 0.25) is 6.79 Å². The monoisotopic (exact) mass is 359 g/mol. The normalized spacial score (nSPS) is 15.4. The van der Waals surface area contributed by atoms with Crippen LogP contribution in [0.5, 0.6) is 11.5 Å². The van der Waals surface area contributed by atoms with Crippen molar-refractivity contribution in [2.45, 2.75) is 38.9 Å². The fourth-order valence-corrected chi connectivity index (χ4v) is 3.88. The number of hydrogen-bond donors (Lipinski definition) is 1. The standard InChI is InChI=1S/C19H22N2O3S/c1-13-6-7-25-18(13)11-21(19(22)9-20-15-3-4-15)10-14-2-5-16-17(8-14)24-12-23-16/h2,5-8,15,20H,3-4,9-12H2,1H3/p+1. The maximum atomic E-state index is 12.8. The summed E-state index contributed by atoms with van der Waals surface area (Å²) < 4.78 is 10.8. The second-order valence-corrected chi connectivity index (χ2v) is 7.74. The van der Waals surface area contributed by atoms with E-state index >= 15 is 0 Å². The van der Waals surface area contributed by atoms with Crippen LogP contribution in [0.3, 0.4) is 0 Å². The van der Waals surface area contributed by atoms with Crippen molar-refractivity contribution in [3.63, 3.8) is 0 Å². The third-order valence-corrected chi connectivity index (χ3v) is 5.72. The molecule has 1 aromatic heterocycles. The van der Waals surface area contributed by atoms with Crippen molar-refractivity contribution in [2.24, 2.45) is 0 Å². The number of rotatable bonds is 7. The van der Waals surface area contributed by atoms with Gasteiger partial charge in [0.15, 0.2) is 18.0 Å². The van der Waals surface area contributed by atoms with E-state index in [9.17, 15) is 4.79 Å². The molecule has 1 fully saturated rings. The lowest BCUT2D eigenvalue weighted by molar-refractivity contribution is -0.658. The van der Waals surface area contributed by atoms with Crippen molar-refractivity contribution in [2.75, 3.05) is 13.3 Å². The Balaban J connectivity index is 1.49. The Morgan fingerprint density at radius 1 is 1.24 bits per heavy atom. The number of fused-ring (bicyclic) bond motifs is 1. The van der Waals surface area contributed by atoms with Crippen molar-refractivity contribution in [1.82, 2.24) is 4.90 Å². The Morgan fingerprint density at radius 2 is 2.08 bits per heavy atom. The van der Waals surface area contributed by atoms with Crippen molar-refractivity contribution >= 4 is 17.2 Å². The van der Waals surface area contributed by atoms with Gasteiger partial charge in [-0.1, -0.05) is 6.07 Å². The molecule has 132 valence electrons. The molecule has 0 radical (unpaired) electrons. The van der Waals surface area contributed by atoms with Gasteiger partial charge in [0, 0.05) is 24.3 Å². The van der Waals surface area contributed by atoms with Gasteiger partial charge >= 0.3 is 0 Å². The molecule has 2 aliphatic rings. The minimum atomic E-state index is 0.192. The molecule has 2 aromatic rings. The fraction of sp³-hybridized carbons (Fsp3) is 0.421. The summed E-state index contributed by atoms with van der Waals surface area (Å²) in [6.45, 7) is 4.15. The maximum Gasteiger partial charge on any atom is 0.278 e. The molecule has 25 heavy (non-hydrogen) atoms. The molecular weight excluding hydrogens is 336 g/mol. The lowest BCUT2D eigenvalue weighted by Crippen LogP contribution is -2.88. The summed E-state index contributed by atoms with van der Waals surface area (Å²) in [7, 11) is 0. The molecule has 1 aliphatic heterocycles. The highest BCUT2D eigenvalue weighted by molar-refractivity contribution is 7.10. The van der Waals surface area contributed by atoms with Gasteiger partial charge in [-0.2, -0.15) is 0 Å². The van der Waals surface area contributed by atoms with Crippen molar-refractivity contribution in [1.29, 1.82) is 0 Å². The summed E-state index contributed by atoms with van der Waals surface area (Å²) >= 11 is 1.71. The first-order valence-electron chi connectivity index (χ1n) is 8.71. The zero-order valence-corrected chi connectivity index (χ0v) is 15.2. The van der Waals surface area contributed by atoms with Crippen molar-refractivity contribution in [3.05, 3.63) is 45.6 Å². The maximum absolute atomic E-state index is 12.8. The molecule has 0 unspecified atom stereocenters. The van der Waals surface area contributed by atoms with Gasteiger partial charge in [-0.05, 0) is 41.6 Å². The van der Waals surface area contributed by atoms with E-state index in [2.05, 4.69) is 23.7 Å². The molecule has 1 aromatic carbocycles. The lowest BCUT2D eigenvalue weighted by atomic mass is 10.1. The number of benzene rings is 1. The molecule has 1 amide bonds. The van der Waals surface area contributed by atoms with Crippen LogP contribution in [0, 0.1) is 6.92 Å². The summed E-state index contributed by atoms with van der Waals surface area (Å²) in [5, 5.41) is 4.26. The second-order valence-electron chi connectivity index (χ2n) is 6.74. The molecule has 0 bridgehead atoms. The predicted molar refractivity (Wildman–Crippen MR) is 95.7 cm³/mol. The van der Waals surface area contributed by atoms with Crippen LogP contribution < -0.4 is 14.8 Å². The molecule has 0 spiro atoms. The molecule has 2 N–H and O–H groups in total. The van der Waals surface area contributed by atoms with Crippen LogP contribution in [-0.4, -0.2) is 30.2 Å². The van der Waals surface area contributed by atoms with Crippen molar-refractivity contribution < 1.29 is 19.6 Å². The average molecular weight is 359 g/mol. The third-order valence-electron chi connectivity index (χ3n) is 4.71. The lowest BCUT2D eigenvalue weighted by Gasteiger charge is -2.22. The SMILES string of the molecule is Cc1ccsc1CN(Cc1ccc2c(c1)OCO2)C(=O)C[NH2+]C1CC1. The van der Waals surface area contributed by atoms with Crippen LogP contribution in [0.1, 0.15) is 28.8 Å². The number of aryl methyl sites for hydroxylation is 1. The Morgan fingerprint density at radius 3 is 2.84 bits per heavy atom. The van der Waals surface area contributed by atoms with Crippen molar-refractivity contribution in [3.8, 4) is 11.5 Å². The second kappa shape index (κ2) is 7.06. The molecule has 4 rings (SSSR count). The van der Waals surface area contributed by atoms with E-state index in [1.165, 1.54) is 23.3 Å². The fourth-order valence-electron chi connectivity index (χ4n) is 2.96. The van der Waals surface area contributed by atoms with Gasteiger partial charge in [-0.3, -0.25) is 4.79 Å². The molecule has 0 saturated heterocycles. The van der Waals surface area contributed by atoms with Crippen LogP contribution in [0.15, 0.2) is 29.6 Å². The summed E-state index contributed by atoms with van der Waals surface area (Å²) in [6.07, 6.45) is 2.47. The Bertz CT molecular complexity index is 770. The summed E-state index contributed by atoms with van der Waals surface area (Å²) in [5.74, 6) is 1.73. The van der Waals surface area contributed by atoms with Crippen LogP contribution in [0.25, 0.3) is 0 Å². The van der Waals surface area contributed by atoms with Gasteiger partial charge in [0.25, 0.3) is 5.91 Å². The molecule has 0 atom stereocenters. The third kappa shape index (κ3) is 3.96. The average Bonchev–Trinajstić information content (AvgIpc) is 3.18. The Hall–Kier alpha value is -2.05. The van der Waals surface area contributed by atoms with Gasteiger partial charge in [0.05, 0.1) is 12.6 Å². The molecule has 5 nitrogen and oxygen atoms in total. The Labute approximate surface area is 151 Å². The highest BCUT2D eigenvalue weighted by Gasteiger charge is 2.27. The zero-order chi connectivity index (χ0) is 17.2. The summed E-state index contributed by atoms with van der Waals surface area (Å²) in [4.78, 5) is 16.0. The van der Waals surface area contributed by atoms with E-state index < -0.39 is 0 Å². The van der Waals surface area contributed by atoms with E-state index in [1.807, 2.05) is 23.1 Å². The van der Waals surface area contributed by atoms with Crippen LogP contribution in [-0.2, 0) is 17.9 Å². The number of quaternary nitrogens is 1. The highest BCUT2D eigenvalue weighted by Crippen LogP contribution is 2.33. The number of nitrogens with two attached hydrogens (primary N) is 1. The van der Waals surface area contributed by atoms with Gasteiger partial charge in [0.1, 0.15) is 0 Å². The van der Waals surface area contributed by atoms with E-state index in [0.717, 1.165) is 17.1 Å². The zero-order valence-electron chi connectivity index (χ0n) is 14.4. The molecule has 6 heteroatoms. The number of nitrogens with zero attached hydrogens (tertiary/aromatic N) is 1. The van der Waals surface area contributed by atoms with E-state index in [-0.39, 0.29) is 12.7 Å². The molecule has 1 aliphatic carbocycles. The smallest absolute Gasteiger partial charge is 0.278 e. The number of carbonyl (C=O) groups excluding carboxylic acids is 1. The first kappa shape index (κ1) is 16.4. The quantitative estimate of drug-likeness (QED) is 0.823. The minimum absolute atomic E-state index is 0.192.